The maximum atomic E-state index is 14.2. The third-order valence-corrected chi connectivity index (χ3v) is 6.95. The molecule has 9 heteroatoms. The van der Waals surface area contributed by atoms with Crippen LogP contribution in [0.2, 0.25) is 0 Å². The lowest BCUT2D eigenvalue weighted by molar-refractivity contribution is -0.124. The van der Waals surface area contributed by atoms with Crippen molar-refractivity contribution in [2.75, 3.05) is 16.8 Å². The van der Waals surface area contributed by atoms with Crippen LogP contribution in [0.25, 0.3) is 0 Å². The van der Waals surface area contributed by atoms with Crippen molar-refractivity contribution in [3.63, 3.8) is 0 Å². The summed E-state index contributed by atoms with van der Waals surface area (Å²) in [5.74, 6) is -0.872. The number of anilines is 2. The number of nitrogens with zero attached hydrogens (tertiary/aromatic N) is 3. The number of para-hydroxylation sites is 1. The van der Waals surface area contributed by atoms with Gasteiger partial charge in [0.05, 0.1) is 24.7 Å². The lowest BCUT2D eigenvalue weighted by Crippen LogP contribution is -2.49. The summed E-state index contributed by atoms with van der Waals surface area (Å²) in [6, 6.07) is 16.9. The molecular weight excluding hydrogens is 492 g/mol. The molecule has 0 radical (unpaired) electrons. The van der Waals surface area contributed by atoms with Crippen molar-refractivity contribution in [1.82, 2.24) is 20.3 Å². The van der Waals surface area contributed by atoms with E-state index in [1.165, 1.54) is 17.4 Å². The molecule has 4 N–H and O–H groups in total. The quantitative estimate of drug-likeness (QED) is 0.301. The lowest BCUT2D eigenvalue weighted by atomic mass is 9.87. The van der Waals surface area contributed by atoms with Crippen LogP contribution in [-0.2, 0) is 10.2 Å². The van der Waals surface area contributed by atoms with Gasteiger partial charge in [-0.15, -0.1) is 0 Å². The number of imidazole rings is 1. The molecule has 0 saturated carbocycles. The highest BCUT2D eigenvalue weighted by atomic mass is 16.3. The Bertz CT molecular complexity index is 1430. The predicted octanol–water partition coefficient (Wildman–Crippen LogP) is 4.13. The van der Waals surface area contributed by atoms with E-state index in [4.69, 9.17) is 0 Å². The fraction of sp³-hybridized carbons (Fsp3) is 0.267. The van der Waals surface area contributed by atoms with E-state index < -0.39 is 30.0 Å². The molecule has 1 unspecified atom stereocenters. The number of rotatable bonds is 6. The average Bonchev–Trinajstić information content (AvgIpc) is 3.48. The topological polar surface area (TPSA) is 123 Å². The number of fused-ring (bicyclic) bond motifs is 1. The highest BCUT2D eigenvalue weighted by Gasteiger charge is 2.37. The van der Waals surface area contributed by atoms with Crippen LogP contribution in [0.5, 0.6) is 0 Å². The zero-order valence-electron chi connectivity index (χ0n) is 22.1. The van der Waals surface area contributed by atoms with E-state index in [1.54, 1.807) is 24.5 Å². The highest BCUT2D eigenvalue weighted by molar-refractivity contribution is 6.09. The third-order valence-electron chi connectivity index (χ3n) is 6.95. The smallest absolute Gasteiger partial charge is 0.277 e. The van der Waals surface area contributed by atoms with E-state index in [0.29, 0.717) is 11.3 Å². The van der Waals surface area contributed by atoms with Crippen LogP contribution >= 0.6 is 0 Å². The second kappa shape index (κ2) is 10.7. The normalized spacial score (nSPS) is 17.4. The Balaban J connectivity index is 1.59. The van der Waals surface area contributed by atoms with Gasteiger partial charge in [-0.1, -0.05) is 57.2 Å². The number of benzene rings is 2. The van der Waals surface area contributed by atoms with Crippen LogP contribution in [-0.4, -0.2) is 44.5 Å². The molecule has 3 atom stereocenters. The molecule has 1 aliphatic rings. The second-order valence-electron chi connectivity index (χ2n) is 10.6. The molecule has 2 aromatic carbocycles. The van der Waals surface area contributed by atoms with E-state index in [1.807, 2.05) is 48.5 Å². The van der Waals surface area contributed by atoms with Gasteiger partial charge in [-0.05, 0) is 35.2 Å². The molecule has 5 rings (SSSR count). The SMILES string of the molecule is CC(C)(C)c1ccc(N(C(=O)c2cnc[nH]2)C(C(=O)N[C@H]2c3ccccc3NC[C@@H]2O)c2cccnc2)cc1. The summed E-state index contributed by atoms with van der Waals surface area (Å²) in [6.45, 7) is 6.63. The van der Waals surface area contributed by atoms with E-state index in [9.17, 15) is 14.7 Å². The molecular formula is C30H32N6O3. The van der Waals surface area contributed by atoms with Crippen LogP contribution in [0.1, 0.15) is 60.0 Å². The van der Waals surface area contributed by atoms with Gasteiger partial charge in [0.15, 0.2) is 0 Å². The molecule has 9 nitrogen and oxygen atoms in total. The van der Waals surface area contributed by atoms with Crippen molar-refractivity contribution in [3.05, 3.63) is 108 Å². The van der Waals surface area contributed by atoms with Gasteiger partial charge in [-0.25, -0.2) is 4.98 Å². The summed E-state index contributed by atoms with van der Waals surface area (Å²) in [5, 5.41) is 17.1. The Labute approximate surface area is 227 Å². The van der Waals surface area contributed by atoms with Gasteiger partial charge < -0.3 is 20.7 Å². The number of hydrogen-bond acceptors (Lipinski definition) is 6. The van der Waals surface area contributed by atoms with E-state index in [0.717, 1.165) is 16.8 Å². The number of carbonyl (C=O) groups excluding carboxylic acids is 2. The molecule has 0 aliphatic carbocycles. The standard InChI is InChI=1S/C30H32N6O3/c1-30(2,3)20-10-12-21(13-11-20)36(29(39)24-16-32-18-34-24)27(19-7-6-14-31-15-19)28(38)35-26-22-8-4-5-9-23(22)33-17-25(26)37/h4-16,18,25-27,33,37H,17H2,1-3H3,(H,32,34)(H,35,38)/t25-,26-,27?/m0/s1. The van der Waals surface area contributed by atoms with Crippen LogP contribution in [0.4, 0.5) is 11.4 Å². The largest absolute Gasteiger partial charge is 0.389 e. The van der Waals surface area contributed by atoms with Crippen molar-refractivity contribution in [2.24, 2.45) is 0 Å². The number of β-amino-alcohol motifs (C(OH)–C–C–N with tert-alkyl or cyclic N) is 1. The Morgan fingerprint density at radius 1 is 1.03 bits per heavy atom. The fourth-order valence-corrected chi connectivity index (χ4v) is 4.84. The first-order chi connectivity index (χ1) is 18.7. The van der Waals surface area contributed by atoms with Crippen molar-refractivity contribution in [3.8, 4) is 0 Å². The number of aromatic nitrogens is 3. The monoisotopic (exact) mass is 524 g/mol. The van der Waals surface area contributed by atoms with Gasteiger partial charge in [0.2, 0.25) is 5.91 Å². The van der Waals surface area contributed by atoms with Crippen LogP contribution in [0.3, 0.4) is 0 Å². The summed E-state index contributed by atoms with van der Waals surface area (Å²) in [7, 11) is 0. The Morgan fingerprint density at radius 2 is 1.79 bits per heavy atom. The minimum Gasteiger partial charge on any atom is -0.389 e. The molecule has 0 spiro atoms. The molecule has 2 amide bonds. The number of nitrogens with one attached hydrogen (secondary N) is 3. The predicted molar refractivity (Wildman–Crippen MR) is 149 cm³/mol. The van der Waals surface area contributed by atoms with Gasteiger partial charge >= 0.3 is 0 Å². The average molecular weight is 525 g/mol. The maximum Gasteiger partial charge on any atom is 0.277 e. The molecule has 2 aromatic heterocycles. The number of pyridine rings is 1. The molecule has 4 aromatic rings. The highest BCUT2D eigenvalue weighted by Crippen LogP contribution is 2.34. The van der Waals surface area contributed by atoms with E-state index in [-0.39, 0.29) is 17.7 Å². The van der Waals surface area contributed by atoms with Gasteiger partial charge in [-0.3, -0.25) is 19.5 Å². The van der Waals surface area contributed by atoms with Crippen molar-refractivity contribution in [1.29, 1.82) is 0 Å². The number of carbonyl (C=O) groups is 2. The number of amides is 2. The molecule has 0 bridgehead atoms. The van der Waals surface area contributed by atoms with Crippen molar-refractivity contribution < 1.29 is 14.7 Å². The second-order valence-corrected chi connectivity index (χ2v) is 10.6. The summed E-state index contributed by atoms with van der Waals surface area (Å²) in [4.78, 5) is 40.7. The zero-order chi connectivity index (χ0) is 27.6. The summed E-state index contributed by atoms with van der Waals surface area (Å²) in [5.41, 5.74) is 3.93. The van der Waals surface area contributed by atoms with E-state index in [2.05, 4.69) is 46.4 Å². The number of aliphatic hydroxyl groups excluding tert-OH is 1. The summed E-state index contributed by atoms with van der Waals surface area (Å²) in [6.07, 6.45) is 5.19. The Hall–Kier alpha value is -4.50. The van der Waals surface area contributed by atoms with Gasteiger partial charge in [0.25, 0.3) is 5.91 Å². The number of aromatic amines is 1. The molecule has 0 saturated heterocycles. The first-order valence-corrected chi connectivity index (χ1v) is 12.9. The zero-order valence-corrected chi connectivity index (χ0v) is 22.1. The number of aliphatic hydroxyl groups is 1. The molecule has 200 valence electrons. The van der Waals surface area contributed by atoms with Crippen molar-refractivity contribution in [2.45, 2.75) is 44.4 Å². The molecule has 3 heterocycles. The minimum atomic E-state index is -1.08. The van der Waals surface area contributed by atoms with Crippen LogP contribution in [0.15, 0.2) is 85.6 Å². The number of hydrogen-bond donors (Lipinski definition) is 4. The first-order valence-electron chi connectivity index (χ1n) is 12.9. The molecule has 39 heavy (non-hydrogen) atoms. The minimum absolute atomic E-state index is 0.0879. The lowest BCUT2D eigenvalue weighted by Gasteiger charge is -2.36. The van der Waals surface area contributed by atoms with E-state index >= 15 is 0 Å². The fourth-order valence-electron chi connectivity index (χ4n) is 4.84. The Kier molecular flexibility index (Phi) is 7.17. The molecule has 0 fully saturated rings. The molecule has 1 aliphatic heterocycles. The summed E-state index contributed by atoms with van der Waals surface area (Å²) >= 11 is 0. The number of H-pyrrole nitrogens is 1. The first kappa shape index (κ1) is 26.1. The summed E-state index contributed by atoms with van der Waals surface area (Å²) < 4.78 is 0. The maximum absolute atomic E-state index is 14.2. The van der Waals surface area contributed by atoms with Gasteiger partial charge in [0.1, 0.15) is 11.7 Å². The van der Waals surface area contributed by atoms with Crippen LogP contribution < -0.4 is 15.5 Å². The van der Waals surface area contributed by atoms with Gasteiger partial charge in [0, 0.05) is 41.4 Å². The third kappa shape index (κ3) is 5.39. The van der Waals surface area contributed by atoms with Crippen LogP contribution in [0, 0.1) is 0 Å². The van der Waals surface area contributed by atoms with Gasteiger partial charge in [-0.2, -0.15) is 0 Å². The van der Waals surface area contributed by atoms with Crippen molar-refractivity contribution >= 4 is 23.2 Å². The Morgan fingerprint density at radius 3 is 2.46 bits per heavy atom.